The topological polar surface area (TPSA) is 138 Å². The highest BCUT2D eigenvalue weighted by atomic mass is 16.6. The first-order valence-corrected chi connectivity index (χ1v) is 24.3. The van der Waals surface area contributed by atoms with E-state index in [0.29, 0.717) is 48.6 Å². The molecule has 4 aliphatic rings. The Morgan fingerprint density at radius 2 is 1.44 bits per heavy atom. The first-order valence-electron chi connectivity index (χ1n) is 24.3. The number of ether oxygens (including phenoxy) is 4. The predicted molar refractivity (Wildman–Crippen MR) is 263 cm³/mol. The Morgan fingerprint density at radius 1 is 0.771 bits per heavy atom. The number of rotatable bonds is 13. The fourth-order valence-electron chi connectivity index (χ4n) is 11.1. The number of aliphatic hydroxyl groups excluding tert-OH is 1. The number of fused-ring (bicyclic) bond motifs is 3. The van der Waals surface area contributed by atoms with Crippen molar-refractivity contribution in [2.24, 2.45) is 5.92 Å². The third kappa shape index (κ3) is 9.44. The summed E-state index contributed by atoms with van der Waals surface area (Å²) < 4.78 is 23.7. The van der Waals surface area contributed by atoms with Gasteiger partial charge in [0.25, 0.3) is 0 Å². The van der Waals surface area contributed by atoms with Crippen molar-refractivity contribution in [1.82, 2.24) is 14.7 Å². The zero-order chi connectivity index (χ0) is 48.6. The molecule has 0 aliphatic carbocycles. The Balaban J connectivity index is 1.31. The number of cyclic esters (lactones) is 1. The smallest absolute Gasteiger partial charge is 0.421 e. The number of likely N-dealkylation sites (tertiary alicyclic amines) is 1. The molecule has 13 nitrogen and oxygen atoms in total. The Kier molecular flexibility index (Phi) is 15.1. The average Bonchev–Trinajstić information content (AvgIpc) is 3.82. The molecule has 0 aromatic heterocycles. The first-order chi connectivity index (χ1) is 34.3. The Morgan fingerprint density at radius 3 is 2.14 bits per heavy atom. The van der Waals surface area contributed by atoms with Gasteiger partial charge in [-0.15, -0.1) is 0 Å². The number of imide groups is 1. The number of amides is 3. The van der Waals surface area contributed by atoms with E-state index in [1.807, 2.05) is 108 Å². The number of benzene rings is 5. The Bertz CT molecular complexity index is 2700. The van der Waals surface area contributed by atoms with Crippen LogP contribution in [0.5, 0.6) is 5.75 Å². The molecule has 4 heterocycles. The van der Waals surface area contributed by atoms with Gasteiger partial charge in [-0.1, -0.05) is 134 Å². The van der Waals surface area contributed by atoms with Gasteiger partial charge in [0.05, 0.1) is 43.4 Å². The largest absolute Gasteiger partial charge is 0.491 e. The highest BCUT2D eigenvalue weighted by molar-refractivity contribution is 6.23. The van der Waals surface area contributed by atoms with Gasteiger partial charge in [-0.05, 0) is 78.0 Å². The van der Waals surface area contributed by atoms with Gasteiger partial charge in [0.2, 0.25) is 11.8 Å². The Hall–Kier alpha value is -6.82. The van der Waals surface area contributed by atoms with E-state index in [2.05, 4.69) is 28.9 Å². The van der Waals surface area contributed by atoms with Crippen molar-refractivity contribution in [1.29, 1.82) is 0 Å². The minimum atomic E-state index is -1.96. The fourth-order valence-corrected chi connectivity index (χ4v) is 11.1. The monoisotopic (exact) mass is 944 g/mol. The molecule has 6 atom stereocenters. The molecule has 0 bridgehead atoms. The summed E-state index contributed by atoms with van der Waals surface area (Å²) in [5.41, 5.74) is 2.41. The first kappa shape index (κ1) is 48.2. The van der Waals surface area contributed by atoms with Crippen LogP contribution in [0.4, 0.5) is 10.5 Å². The molecule has 0 unspecified atom stereocenters. The van der Waals surface area contributed by atoms with Crippen LogP contribution in [0.3, 0.4) is 0 Å². The number of carbonyl (C=O) groups is 4. The van der Waals surface area contributed by atoms with Crippen molar-refractivity contribution in [3.05, 3.63) is 167 Å². The third-order valence-corrected chi connectivity index (χ3v) is 14.0. The molecular weight excluding hydrogens is 885 g/mol. The number of carbonyl (C=O) groups excluding carboxylic acids is 4. The lowest BCUT2D eigenvalue weighted by atomic mass is 9.64. The molecule has 3 fully saturated rings. The molecule has 1 N–H and O–H groups in total. The summed E-state index contributed by atoms with van der Waals surface area (Å²) in [6.07, 6.45) is 2.59. The van der Waals surface area contributed by atoms with E-state index in [9.17, 15) is 9.90 Å². The van der Waals surface area contributed by atoms with Crippen molar-refractivity contribution >= 4 is 29.6 Å². The molecule has 0 radical (unpaired) electrons. The summed E-state index contributed by atoms with van der Waals surface area (Å²) >= 11 is 0. The van der Waals surface area contributed by atoms with Crippen molar-refractivity contribution in [2.75, 3.05) is 65.1 Å². The van der Waals surface area contributed by atoms with Crippen LogP contribution in [0.15, 0.2) is 133 Å². The lowest BCUT2D eigenvalue weighted by Crippen LogP contribution is -2.56. The molecule has 1 spiro atoms. The van der Waals surface area contributed by atoms with E-state index in [1.165, 1.54) is 7.11 Å². The number of hydrogen-bond donors (Lipinski definition) is 1. The summed E-state index contributed by atoms with van der Waals surface area (Å²) in [4.78, 5) is 70.0. The zero-order valence-corrected chi connectivity index (χ0v) is 39.8. The number of methoxy groups -OCH3 is 1. The number of esters is 1. The van der Waals surface area contributed by atoms with Crippen LogP contribution < -0.4 is 9.64 Å². The lowest BCUT2D eigenvalue weighted by Gasteiger charge is -2.46. The van der Waals surface area contributed by atoms with Crippen LogP contribution in [0, 0.1) is 17.8 Å². The molecule has 9 rings (SSSR count). The van der Waals surface area contributed by atoms with E-state index in [-0.39, 0.29) is 38.0 Å². The van der Waals surface area contributed by atoms with Crippen LogP contribution >= 0.6 is 0 Å². The van der Waals surface area contributed by atoms with E-state index >= 15 is 14.4 Å². The quantitative estimate of drug-likeness (QED) is 0.0704. The van der Waals surface area contributed by atoms with Crippen LogP contribution in [0.1, 0.15) is 83.7 Å². The summed E-state index contributed by atoms with van der Waals surface area (Å²) in [6, 6.07) is 38.7. The van der Waals surface area contributed by atoms with Gasteiger partial charge >= 0.3 is 12.1 Å². The molecule has 4 aliphatic heterocycles. The maximum Gasteiger partial charge on any atom is 0.421 e. The highest BCUT2D eigenvalue weighted by Crippen LogP contribution is 2.66. The summed E-state index contributed by atoms with van der Waals surface area (Å²) in [5, 5.41) is 9.86. The minimum Gasteiger partial charge on any atom is -0.491 e. The second-order valence-corrected chi connectivity index (χ2v) is 18.4. The molecule has 3 saturated heterocycles. The molecule has 0 saturated carbocycles. The molecule has 362 valence electrons. The Labute approximate surface area is 409 Å². The summed E-state index contributed by atoms with van der Waals surface area (Å²) in [7, 11) is 3.49. The minimum absolute atomic E-state index is 0.00213. The van der Waals surface area contributed by atoms with Gasteiger partial charge in [-0.3, -0.25) is 24.2 Å². The molecule has 13 heteroatoms. The van der Waals surface area contributed by atoms with Crippen LogP contribution in [-0.2, 0) is 40.6 Å². The van der Waals surface area contributed by atoms with Gasteiger partial charge < -0.3 is 29.0 Å². The normalized spacial score (nSPS) is 23.2. The molecule has 70 heavy (non-hydrogen) atoms. The molecule has 3 amide bonds. The molecular formula is C57H60N4O9. The number of anilines is 1. The SMILES string of the molecule is COCCOC(=O)N1C(=O)[C@@]2(c3cc(C#CCN(C)Cc4ccccc4)ccc31)[C@H](C(=O)N1CCCCCCC1)[C@H]1C(=O)O[C@H](c3ccccc3)[C@H](c3ccccc3)N1[C@@H]2c1cccc(OCCO)c1. The van der Waals surface area contributed by atoms with Crippen molar-refractivity contribution in [2.45, 2.75) is 68.3 Å². The third-order valence-electron chi connectivity index (χ3n) is 14.0. The van der Waals surface area contributed by atoms with E-state index in [4.69, 9.17) is 18.9 Å². The predicted octanol–water partition coefficient (Wildman–Crippen LogP) is 7.78. The van der Waals surface area contributed by atoms with Crippen molar-refractivity contribution < 1.29 is 43.2 Å². The standard InChI is InChI=1S/C57H60N4O9/c1-58(39-41-19-9-6-10-20-41)30-18-21-40-28-29-47-46(37-40)57(55(65)60(47)56(66)69-36-35-67-2)48(53(63)59-31-15-4-3-5-16-32-59)50-54(64)70-51(43-24-13-8-14-25-43)49(42-22-11-7-12-23-42)61(50)52(57)44-26-17-27-45(38-44)68-34-33-62/h6-14,17,19-20,22-29,37-38,48-52,62H,3-5,15-16,30-36,39H2,1-2H3/t48-,49-,50-,51+,52+,57-/m0/s1. The van der Waals surface area contributed by atoms with Gasteiger partial charge in [0.1, 0.15) is 36.5 Å². The van der Waals surface area contributed by atoms with Gasteiger partial charge in [0.15, 0.2) is 0 Å². The van der Waals surface area contributed by atoms with Crippen LogP contribution in [-0.4, -0.2) is 110 Å². The number of hydrogen-bond acceptors (Lipinski definition) is 11. The van der Waals surface area contributed by atoms with Gasteiger partial charge in [-0.25, -0.2) is 9.69 Å². The van der Waals surface area contributed by atoms with E-state index < -0.39 is 53.5 Å². The maximum absolute atomic E-state index is 16.6. The number of nitrogens with zero attached hydrogens (tertiary/aromatic N) is 4. The maximum atomic E-state index is 16.6. The van der Waals surface area contributed by atoms with Crippen LogP contribution in [0.25, 0.3) is 0 Å². The van der Waals surface area contributed by atoms with E-state index in [1.54, 1.807) is 30.3 Å². The lowest BCUT2D eigenvalue weighted by molar-refractivity contribution is -0.179. The number of morpholine rings is 1. The van der Waals surface area contributed by atoms with Gasteiger partial charge in [-0.2, -0.15) is 0 Å². The average molecular weight is 945 g/mol. The highest BCUT2D eigenvalue weighted by Gasteiger charge is 2.76. The second kappa shape index (κ2) is 21.9. The van der Waals surface area contributed by atoms with Crippen LogP contribution in [0.2, 0.25) is 0 Å². The fraction of sp³-hybridized carbons (Fsp3) is 0.368. The number of aliphatic hydroxyl groups is 1. The van der Waals surface area contributed by atoms with Gasteiger partial charge in [0, 0.05) is 32.3 Å². The van der Waals surface area contributed by atoms with Crippen molar-refractivity contribution in [3.8, 4) is 17.6 Å². The molecule has 5 aromatic rings. The zero-order valence-electron chi connectivity index (χ0n) is 39.8. The summed E-state index contributed by atoms with van der Waals surface area (Å²) in [6.45, 7) is 1.68. The van der Waals surface area contributed by atoms with Crippen molar-refractivity contribution in [3.63, 3.8) is 0 Å². The second-order valence-electron chi connectivity index (χ2n) is 18.4. The van der Waals surface area contributed by atoms with E-state index in [0.717, 1.165) is 53.7 Å². The molecule has 5 aromatic carbocycles. The summed E-state index contributed by atoms with van der Waals surface area (Å²) in [5.74, 6) is 3.93.